The van der Waals surface area contributed by atoms with Crippen LogP contribution in [0.15, 0.2) is 0 Å². The Morgan fingerprint density at radius 3 is 2.30 bits per heavy atom. The van der Waals surface area contributed by atoms with Crippen LogP contribution in [-0.4, -0.2) is 28.3 Å². The van der Waals surface area contributed by atoms with Crippen molar-refractivity contribution in [3.05, 3.63) is 0 Å². The van der Waals surface area contributed by atoms with E-state index in [4.69, 9.17) is 10.2 Å². The highest BCUT2D eigenvalue weighted by atomic mass is 16.4. The van der Waals surface area contributed by atoms with Gasteiger partial charge in [0, 0.05) is 6.04 Å². The molecule has 0 aliphatic carbocycles. The predicted molar refractivity (Wildman–Crippen MR) is 32.9 cm³/mol. The third-order valence-electron chi connectivity index (χ3n) is 0.851. The van der Waals surface area contributed by atoms with Crippen LogP contribution in [-0.2, 0) is 4.79 Å². The van der Waals surface area contributed by atoms with Crippen LogP contribution in [0, 0.1) is 0 Å². The second-order valence-corrected chi connectivity index (χ2v) is 1.95. The van der Waals surface area contributed by atoms with Gasteiger partial charge in [-0.15, -0.1) is 0 Å². The third kappa shape index (κ3) is 4.89. The number of carboxylic acid groups (broad SMARTS) is 2. The zero-order valence-corrected chi connectivity index (χ0v) is 5.50. The second kappa shape index (κ2) is 3.71. The highest BCUT2D eigenvalue weighted by molar-refractivity contribution is 5.70. The first-order chi connectivity index (χ1) is 4.52. The molecule has 0 aromatic carbocycles. The molecule has 0 aliphatic heterocycles. The Kier molecular flexibility index (Phi) is 3.24. The Morgan fingerprint density at radius 2 is 2.00 bits per heavy atom. The first kappa shape index (κ1) is 8.74. The van der Waals surface area contributed by atoms with Crippen LogP contribution in [0.4, 0.5) is 4.79 Å². The van der Waals surface area contributed by atoms with Gasteiger partial charge in [0.25, 0.3) is 0 Å². The van der Waals surface area contributed by atoms with E-state index in [2.05, 4.69) is 0 Å². The summed E-state index contributed by atoms with van der Waals surface area (Å²) in [5, 5.41) is 18.3. The molecule has 58 valence electrons. The lowest BCUT2D eigenvalue weighted by atomic mass is 10.2. The van der Waals surface area contributed by atoms with Crippen molar-refractivity contribution in [2.24, 2.45) is 0 Å². The number of carboxylic acids is 1. The standard InChI is InChI=1S/C5H9NO4/c1-3(2-4(7)8)6-5(9)10/h3,6H,2H2,1H3,(H,7,8)(H,9,10). The number of hydrogen-bond acceptors (Lipinski definition) is 2. The van der Waals surface area contributed by atoms with Crippen molar-refractivity contribution in [3.8, 4) is 0 Å². The fourth-order valence-electron chi connectivity index (χ4n) is 0.524. The number of rotatable bonds is 3. The zero-order chi connectivity index (χ0) is 8.15. The maximum Gasteiger partial charge on any atom is 0.404 e. The molecule has 0 radical (unpaired) electrons. The molecule has 5 nitrogen and oxygen atoms in total. The molecule has 10 heavy (non-hydrogen) atoms. The summed E-state index contributed by atoms with van der Waals surface area (Å²) in [5.41, 5.74) is 0. The fraction of sp³-hybridized carbons (Fsp3) is 0.600. The van der Waals surface area contributed by atoms with Gasteiger partial charge < -0.3 is 15.5 Å². The summed E-state index contributed by atoms with van der Waals surface area (Å²) in [4.78, 5) is 19.8. The van der Waals surface area contributed by atoms with Crippen molar-refractivity contribution in [3.63, 3.8) is 0 Å². The predicted octanol–water partition coefficient (Wildman–Crippen LogP) is 0.117. The molecule has 0 spiro atoms. The molecule has 0 saturated heterocycles. The van der Waals surface area contributed by atoms with E-state index in [-0.39, 0.29) is 6.42 Å². The minimum atomic E-state index is -1.20. The first-order valence-corrected chi connectivity index (χ1v) is 2.73. The van der Waals surface area contributed by atoms with Crippen molar-refractivity contribution in [1.82, 2.24) is 5.32 Å². The quantitative estimate of drug-likeness (QED) is 0.529. The normalized spacial score (nSPS) is 12.1. The molecule has 0 bridgehead atoms. The summed E-state index contributed by atoms with van der Waals surface area (Å²) >= 11 is 0. The van der Waals surface area contributed by atoms with Gasteiger partial charge in [0.2, 0.25) is 0 Å². The van der Waals surface area contributed by atoms with Crippen molar-refractivity contribution < 1.29 is 19.8 Å². The van der Waals surface area contributed by atoms with Gasteiger partial charge in [0.15, 0.2) is 0 Å². The SMILES string of the molecule is CC(CC(=O)O)NC(=O)O. The Bertz CT molecular complexity index is 129. The molecule has 1 amide bonds. The smallest absolute Gasteiger partial charge is 0.404 e. The van der Waals surface area contributed by atoms with Crippen LogP contribution < -0.4 is 5.32 Å². The molecule has 0 aromatic rings. The summed E-state index contributed by atoms with van der Waals surface area (Å²) < 4.78 is 0. The van der Waals surface area contributed by atoms with E-state index in [9.17, 15) is 9.59 Å². The van der Waals surface area contributed by atoms with Crippen LogP contribution in [0.2, 0.25) is 0 Å². The zero-order valence-electron chi connectivity index (χ0n) is 5.50. The molecule has 0 aromatic heterocycles. The molecule has 0 rings (SSSR count). The fourth-order valence-corrected chi connectivity index (χ4v) is 0.524. The van der Waals surface area contributed by atoms with Gasteiger partial charge in [0.1, 0.15) is 0 Å². The van der Waals surface area contributed by atoms with E-state index in [1.807, 2.05) is 5.32 Å². The van der Waals surface area contributed by atoms with Crippen LogP contribution in [0.25, 0.3) is 0 Å². The minimum absolute atomic E-state index is 0.188. The first-order valence-electron chi connectivity index (χ1n) is 2.73. The second-order valence-electron chi connectivity index (χ2n) is 1.95. The van der Waals surface area contributed by atoms with Crippen molar-refractivity contribution in [2.45, 2.75) is 19.4 Å². The van der Waals surface area contributed by atoms with E-state index < -0.39 is 18.1 Å². The van der Waals surface area contributed by atoms with Gasteiger partial charge >= 0.3 is 12.1 Å². The van der Waals surface area contributed by atoms with Gasteiger partial charge in [-0.3, -0.25) is 4.79 Å². The van der Waals surface area contributed by atoms with E-state index in [0.29, 0.717) is 0 Å². The van der Waals surface area contributed by atoms with E-state index in [1.54, 1.807) is 0 Å². The lowest BCUT2D eigenvalue weighted by Gasteiger charge is -2.06. The molecular weight excluding hydrogens is 138 g/mol. The van der Waals surface area contributed by atoms with Crippen LogP contribution in [0.1, 0.15) is 13.3 Å². The molecule has 3 N–H and O–H groups in total. The minimum Gasteiger partial charge on any atom is -0.481 e. The van der Waals surface area contributed by atoms with Crippen LogP contribution >= 0.6 is 0 Å². The topological polar surface area (TPSA) is 86.6 Å². The Morgan fingerprint density at radius 1 is 1.50 bits per heavy atom. The van der Waals surface area contributed by atoms with Gasteiger partial charge in [0.05, 0.1) is 6.42 Å². The number of aliphatic carboxylic acids is 1. The summed E-state index contributed by atoms with van der Waals surface area (Å²) in [6.07, 6.45) is -1.39. The van der Waals surface area contributed by atoms with Gasteiger partial charge in [-0.1, -0.05) is 0 Å². The van der Waals surface area contributed by atoms with Crippen molar-refractivity contribution in [1.29, 1.82) is 0 Å². The summed E-state index contributed by atoms with van der Waals surface area (Å²) in [7, 11) is 0. The Balaban J connectivity index is 3.53. The largest absolute Gasteiger partial charge is 0.481 e. The number of amides is 1. The maximum absolute atomic E-state index is 9.96. The van der Waals surface area contributed by atoms with E-state index in [1.165, 1.54) is 6.92 Å². The van der Waals surface area contributed by atoms with E-state index in [0.717, 1.165) is 0 Å². The molecule has 0 aliphatic rings. The monoisotopic (exact) mass is 147 g/mol. The Labute approximate surface area is 57.7 Å². The van der Waals surface area contributed by atoms with Gasteiger partial charge in [-0.25, -0.2) is 4.79 Å². The van der Waals surface area contributed by atoms with Crippen molar-refractivity contribution in [2.75, 3.05) is 0 Å². The molecule has 0 heterocycles. The molecular formula is C5H9NO4. The van der Waals surface area contributed by atoms with Crippen LogP contribution in [0.5, 0.6) is 0 Å². The molecule has 1 atom stereocenters. The summed E-state index contributed by atoms with van der Waals surface area (Å²) in [5.74, 6) is -1.01. The average Bonchev–Trinajstić information content (AvgIpc) is 1.58. The maximum atomic E-state index is 9.96. The number of hydrogen-bond donors (Lipinski definition) is 3. The highest BCUT2D eigenvalue weighted by Crippen LogP contribution is 1.88. The molecule has 0 fully saturated rings. The molecule has 5 heteroatoms. The lowest BCUT2D eigenvalue weighted by Crippen LogP contribution is -2.32. The molecule has 0 saturated carbocycles. The summed E-state index contributed by atoms with van der Waals surface area (Å²) in [6.45, 7) is 1.49. The van der Waals surface area contributed by atoms with Gasteiger partial charge in [-0.2, -0.15) is 0 Å². The number of nitrogens with one attached hydrogen (secondary N) is 1. The van der Waals surface area contributed by atoms with E-state index >= 15 is 0 Å². The Hall–Kier alpha value is -1.26. The average molecular weight is 147 g/mol. The lowest BCUT2D eigenvalue weighted by molar-refractivity contribution is -0.137. The third-order valence-corrected chi connectivity index (χ3v) is 0.851. The van der Waals surface area contributed by atoms with Gasteiger partial charge in [-0.05, 0) is 6.92 Å². The van der Waals surface area contributed by atoms with Crippen molar-refractivity contribution >= 4 is 12.1 Å². The van der Waals surface area contributed by atoms with Crippen LogP contribution in [0.3, 0.4) is 0 Å². The molecule has 1 unspecified atom stereocenters. The number of carbonyl (C=O) groups is 2. The highest BCUT2D eigenvalue weighted by Gasteiger charge is 2.08. The summed E-state index contributed by atoms with van der Waals surface area (Å²) in [6, 6.07) is -0.532.